The van der Waals surface area contributed by atoms with Gasteiger partial charge in [-0.1, -0.05) is 225 Å². The fourth-order valence-electron chi connectivity index (χ4n) is 18.2. The lowest BCUT2D eigenvalue weighted by molar-refractivity contribution is 0.590. The van der Waals surface area contributed by atoms with Crippen LogP contribution in [-0.4, -0.2) is 121 Å². The van der Waals surface area contributed by atoms with Crippen molar-refractivity contribution < 1.29 is 0 Å². The second-order valence-electron chi connectivity index (χ2n) is 32.5. The molecule has 109 heavy (non-hydrogen) atoms. The van der Waals surface area contributed by atoms with E-state index in [2.05, 4.69) is 414 Å². The third-order valence-corrected chi connectivity index (χ3v) is 32.8. The molecule has 16 rings (SSSR count). The molecule has 13 aromatic carbocycles. The number of hydrogen-bond acceptors (Lipinski definition) is 2. The molecule has 0 radical (unpaired) electrons. The van der Waals surface area contributed by atoms with Crippen LogP contribution in [0.1, 0.15) is 52.7 Å². The van der Waals surface area contributed by atoms with E-state index in [1.807, 2.05) is 0 Å². The van der Waals surface area contributed by atoms with Crippen molar-refractivity contribution in [3.63, 3.8) is 0 Å². The van der Waals surface area contributed by atoms with Crippen LogP contribution in [0, 0.1) is 0 Å². The maximum Gasteiger partial charge on any atom is 0.237 e. The molecule has 0 amide bonds. The molecule has 0 aliphatic heterocycles. The van der Waals surface area contributed by atoms with Gasteiger partial charge in [0.05, 0.1) is 27.8 Å². The predicted molar refractivity (Wildman–Crippen MR) is 511 cm³/mol. The van der Waals surface area contributed by atoms with Crippen LogP contribution in [0.25, 0.3) is 88.9 Å². The normalized spacial score (nSPS) is 12.5. The molecule has 0 aliphatic carbocycles. The van der Waals surface area contributed by atoms with Gasteiger partial charge in [-0.25, -0.2) is 4.98 Å². The van der Waals surface area contributed by atoms with Crippen molar-refractivity contribution in [2.24, 2.45) is 0 Å². The average molecular weight is 1430 g/mol. The molecule has 4 nitrogen and oxygen atoms in total. The Hall–Kier alpha value is -9.92. The van der Waals surface area contributed by atoms with Crippen molar-refractivity contribution >= 4 is 237 Å². The highest BCUT2D eigenvalue weighted by molar-refractivity contribution is 8.35. The van der Waals surface area contributed by atoms with Crippen molar-refractivity contribution in [3.8, 4) is 45.3 Å². The van der Waals surface area contributed by atoms with Crippen LogP contribution in [0.5, 0.6) is 0 Å². The van der Waals surface area contributed by atoms with Gasteiger partial charge in [-0.15, -0.1) is 52.8 Å². The fourth-order valence-corrected chi connectivity index (χ4v) is 26.9. The highest BCUT2D eigenvalue weighted by Gasteiger charge is 2.44. The molecule has 0 unspecified atom stereocenters. The number of para-hydroxylation sites is 2. The SMILES string of the molecule is Bc1c(B)c(B)c(-c2cccc(S(c3ccccc3)(c3ccccc3)c3c(B)c(-c4cc(-n5c6ccc(C(C)(C)C)cc6c6cc(C(C)(C)C)ccc65)nc(-n5c6ccccc6c6ccccc65)n4)c(B)c(S(c4ccccc4)(c4ccccc4)c4cccc(-c5c(B)c(B)c(B)c(B)c5B)c4)c3B)c2)c(B)c1B. The van der Waals surface area contributed by atoms with Crippen LogP contribution in [0.3, 0.4) is 0 Å². The lowest BCUT2D eigenvalue weighted by Gasteiger charge is -2.49. The number of hydrogen-bond donors (Lipinski definition) is 0. The van der Waals surface area contributed by atoms with Gasteiger partial charge in [-0.05, 0) is 169 Å². The summed E-state index contributed by atoms with van der Waals surface area (Å²) in [5.74, 6) is 1.38. The third kappa shape index (κ3) is 11.7. The zero-order chi connectivity index (χ0) is 76.5. The van der Waals surface area contributed by atoms with Gasteiger partial charge in [0.25, 0.3) is 0 Å². The molecule has 0 aliphatic rings. The first kappa shape index (κ1) is 73.2. The number of benzene rings is 13. The molecule has 0 fully saturated rings. The Balaban J connectivity index is 1.15. The summed E-state index contributed by atoms with van der Waals surface area (Å²) >= 11 is 0. The Bertz CT molecular complexity index is 5890. The minimum atomic E-state index is -2.60. The van der Waals surface area contributed by atoms with E-state index < -0.39 is 20.1 Å². The van der Waals surface area contributed by atoms with Crippen molar-refractivity contribution in [3.05, 3.63) is 272 Å². The quantitative estimate of drug-likeness (QED) is 0.167. The maximum atomic E-state index is 6.29. The molecule has 0 bridgehead atoms. The zero-order valence-electron chi connectivity index (χ0n) is 66.9. The van der Waals surface area contributed by atoms with E-state index in [0.717, 1.165) is 49.9 Å². The Morgan fingerprint density at radius 1 is 0.257 bits per heavy atom. The molecule has 0 atom stereocenters. The number of fused-ring (bicyclic) bond motifs is 6. The second-order valence-corrected chi connectivity index (χ2v) is 38.6. The van der Waals surface area contributed by atoms with E-state index in [4.69, 9.17) is 9.97 Å². The largest absolute Gasteiger partial charge is 0.294 e. The average Bonchev–Trinajstić information content (AvgIpc) is 1.55. The molecule has 19 heteroatoms. The van der Waals surface area contributed by atoms with Gasteiger partial charge in [0.1, 0.15) is 108 Å². The van der Waals surface area contributed by atoms with Crippen molar-refractivity contribution in [2.45, 2.75) is 91.5 Å². The predicted octanol–water partition coefficient (Wildman–Crippen LogP) is 2.31. The van der Waals surface area contributed by atoms with Crippen LogP contribution in [-0.2, 0) is 10.8 Å². The maximum absolute atomic E-state index is 6.29. The standard InChI is InChI=1S/C90H87B13N4S2/c1-89(2,3)52-41-43-67-62(47-52)63-48-53(90(4,5)6)42-44-68(63)106(67)69-49-64(104-88(105-69)107-65-39-21-19-37-60(65)61-38-20-22-40-66(61)107)72-77(95)86(108(54-27-11-7-12-28-54,55-29-13-8-14-30-55)58-35-23-25-50(45-58)70-73(91)79(97)83(101)80(98)74(70)92)85(103)87(78(72)96)109(56-31-15-9-16-32-56,57-33-17-10-18-34-57)59-36-24-26-51(46-59)71-75(93)81(99)84(102)82(100)76(71)94/h7-49H,91-103H2,1-6H3. The smallest absolute Gasteiger partial charge is 0.237 e. The van der Waals surface area contributed by atoms with Gasteiger partial charge in [-0.3, -0.25) is 9.13 Å². The monoisotopic (exact) mass is 1430 g/mol. The lowest BCUT2D eigenvalue weighted by Crippen LogP contribution is -2.55. The van der Waals surface area contributed by atoms with Crippen LogP contribution < -0.4 is 71.0 Å². The number of nitrogens with zero attached hydrogens (tertiary/aromatic N) is 4. The Kier molecular flexibility index (Phi) is 18.7. The summed E-state index contributed by atoms with van der Waals surface area (Å²) in [6, 6.07) is 100. The van der Waals surface area contributed by atoms with Gasteiger partial charge >= 0.3 is 0 Å². The Morgan fingerprint density at radius 2 is 0.578 bits per heavy atom. The van der Waals surface area contributed by atoms with Gasteiger partial charge < -0.3 is 0 Å². The molecule has 3 aromatic heterocycles. The topological polar surface area (TPSA) is 35.6 Å². The van der Waals surface area contributed by atoms with Crippen LogP contribution in [0.2, 0.25) is 0 Å². The third-order valence-electron chi connectivity index (χ3n) is 24.5. The Labute approximate surface area is 659 Å². The van der Waals surface area contributed by atoms with Crippen molar-refractivity contribution in [1.29, 1.82) is 0 Å². The molecule has 0 spiro atoms. The summed E-state index contributed by atoms with van der Waals surface area (Å²) in [7, 11) is 25.4. The zero-order valence-corrected chi connectivity index (χ0v) is 68.6. The summed E-state index contributed by atoms with van der Waals surface area (Å²) in [4.78, 5) is 22.4. The molecule has 0 saturated heterocycles. The molecule has 3 heterocycles. The van der Waals surface area contributed by atoms with Crippen molar-refractivity contribution in [1.82, 2.24) is 19.1 Å². The second kappa shape index (κ2) is 27.9. The van der Waals surface area contributed by atoms with E-state index in [1.54, 1.807) is 0 Å². The van der Waals surface area contributed by atoms with E-state index in [0.29, 0.717) is 5.95 Å². The first-order chi connectivity index (χ1) is 52.3. The van der Waals surface area contributed by atoms with Gasteiger partial charge in [0.15, 0.2) is 0 Å². The summed E-state index contributed by atoms with van der Waals surface area (Å²) in [5, 5.41) is 4.69. The van der Waals surface area contributed by atoms with E-state index in [9.17, 15) is 0 Å². The summed E-state index contributed by atoms with van der Waals surface area (Å²) in [6.07, 6.45) is 0. The molecular weight excluding hydrogens is 1340 g/mol. The first-order valence-corrected chi connectivity index (χ1v) is 41.9. The molecule has 16 aromatic rings. The van der Waals surface area contributed by atoms with E-state index >= 15 is 0 Å². The minimum absolute atomic E-state index is 0.102. The van der Waals surface area contributed by atoms with Gasteiger partial charge in [0, 0.05) is 57.0 Å². The fraction of sp³-hybridized carbons (Fsp3) is 0.0889. The Morgan fingerprint density at radius 3 is 0.936 bits per heavy atom. The highest BCUT2D eigenvalue weighted by atomic mass is 32.3. The van der Waals surface area contributed by atoms with E-state index in [1.165, 1.54) is 154 Å². The first-order valence-electron chi connectivity index (χ1n) is 38.6. The van der Waals surface area contributed by atoms with Crippen LogP contribution in [0.4, 0.5) is 0 Å². The van der Waals surface area contributed by atoms with Crippen molar-refractivity contribution in [2.75, 3.05) is 0 Å². The lowest BCUT2D eigenvalue weighted by atomic mass is 9.60. The van der Waals surface area contributed by atoms with Gasteiger partial charge in [-0.2, -0.15) is 4.98 Å². The number of aromatic nitrogens is 4. The number of rotatable bonds is 13. The highest BCUT2D eigenvalue weighted by Crippen LogP contribution is 2.76. The molecule has 0 N–H and O–H groups in total. The summed E-state index contributed by atoms with van der Waals surface area (Å²) in [5.41, 5.74) is 30.5. The van der Waals surface area contributed by atoms with Crippen LogP contribution >= 0.6 is 20.1 Å². The summed E-state index contributed by atoms with van der Waals surface area (Å²) < 4.78 is 4.79. The van der Waals surface area contributed by atoms with Crippen LogP contribution in [0.15, 0.2) is 300 Å². The summed E-state index contributed by atoms with van der Waals surface area (Å²) in [6.45, 7) is 13.9. The molecule has 518 valence electrons. The minimum Gasteiger partial charge on any atom is -0.294 e. The van der Waals surface area contributed by atoms with E-state index in [-0.39, 0.29) is 10.8 Å². The van der Waals surface area contributed by atoms with Gasteiger partial charge in [0.2, 0.25) is 5.95 Å². The molecule has 0 saturated carbocycles. The molecular formula is C90H87B13N4S2.